The maximum absolute atomic E-state index is 12.7. The summed E-state index contributed by atoms with van der Waals surface area (Å²) < 4.78 is 0. The molecule has 0 aromatic rings. The van der Waals surface area contributed by atoms with Gasteiger partial charge in [-0.2, -0.15) is 0 Å². The Hall–Kier alpha value is -3.79. The van der Waals surface area contributed by atoms with Crippen molar-refractivity contribution in [2.45, 2.75) is 75.7 Å². The summed E-state index contributed by atoms with van der Waals surface area (Å²) in [6, 6.07) is -4.99. The number of carboxylic acid groups (broad SMARTS) is 1. The first-order chi connectivity index (χ1) is 17.2. The summed E-state index contributed by atoms with van der Waals surface area (Å²) in [5.41, 5.74) is 15.8. The lowest BCUT2D eigenvalue weighted by molar-refractivity contribution is -0.146. The SMILES string of the molecule is C[C@@H](O)[C@H](NC(=O)[C@@H]1CCCN1C(=O)CNC(=O)[C@H](CCC(N)=O)NC(=O)[C@@H](N)CCC(N)=O)C(=O)O. The van der Waals surface area contributed by atoms with E-state index >= 15 is 0 Å². The Labute approximate surface area is 212 Å². The highest BCUT2D eigenvalue weighted by molar-refractivity contribution is 5.94. The number of carboxylic acids is 1. The molecule has 0 aliphatic carbocycles. The van der Waals surface area contributed by atoms with Crippen molar-refractivity contribution in [3.05, 3.63) is 0 Å². The van der Waals surface area contributed by atoms with Crippen LogP contribution >= 0.6 is 0 Å². The van der Waals surface area contributed by atoms with Crippen LogP contribution in [0.25, 0.3) is 0 Å². The molecule has 0 unspecified atom stereocenters. The molecule has 1 rings (SSSR count). The third-order valence-electron chi connectivity index (χ3n) is 5.69. The second-order valence-corrected chi connectivity index (χ2v) is 8.71. The largest absolute Gasteiger partial charge is 0.480 e. The summed E-state index contributed by atoms with van der Waals surface area (Å²) in [6.07, 6.45) is -1.35. The van der Waals surface area contributed by atoms with Crippen LogP contribution < -0.4 is 33.2 Å². The van der Waals surface area contributed by atoms with E-state index in [0.29, 0.717) is 6.42 Å². The molecule has 0 aromatic heterocycles. The molecule has 1 fully saturated rings. The van der Waals surface area contributed by atoms with E-state index in [4.69, 9.17) is 22.3 Å². The number of amides is 6. The van der Waals surface area contributed by atoms with Crippen molar-refractivity contribution < 1.29 is 43.8 Å². The summed E-state index contributed by atoms with van der Waals surface area (Å²) in [5.74, 6) is -5.84. The van der Waals surface area contributed by atoms with Crippen molar-refractivity contribution in [3.8, 4) is 0 Å². The second-order valence-electron chi connectivity index (χ2n) is 8.71. The number of rotatable bonds is 15. The predicted octanol–water partition coefficient (Wildman–Crippen LogP) is -4.61. The van der Waals surface area contributed by atoms with E-state index in [-0.39, 0.29) is 38.6 Å². The topological polar surface area (TPSA) is 277 Å². The van der Waals surface area contributed by atoms with Crippen molar-refractivity contribution in [2.75, 3.05) is 13.1 Å². The van der Waals surface area contributed by atoms with Crippen molar-refractivity contribution >= 4 is 41.4 Å². The van der Waals surface area contributed by atoms with Crippen LogP contribution in [0.4, 0.5) is 0 Å². The van der Waals surface area contributed by atoms with E-state index in [9.17, 15) is 38.7 Å². The van der Waals surface area contributed by atoms with Crippen molar-refractivity contribution in [3.63, 3.8) is 0 Å². The first-order valence-electron chi connectivity index (χ1n) is 11.7. The number of likely N-dealkylation sites (tertiary alicyclic amines) is 1. The van der Waals surface area contributed by atoms with Gasteiger partial charge in [0, 0.05) is 19.4 Å². The van der Waals surface area contributed by atoms with E-state index in [2.05, 4.69) is 16.0 Å². The van der Waals surface area contributed by atoms with E-state index in [1.807, 2.05) is 0 Å². The summed E-state index contributed by atoms with van der Waals surface area (Å²) in [7, 11) is 0. The van der Waals surface area contributed by atoms with Gasteiger partial charge in [0.1, 0.15) is 12.1 Å². The summed E-state index contributed by atoms with van der Waals surface area (Å²) >= 11 is 0. The molecular formula is C21H35N7O9. The van der Waals surface area contributed by atoms with Gasteiger partial charge in [-0.3, -0.25) is 28.8 Å². The van der Waals surface area contributed by atoms with Gasteiger partial charge in [0.2, 0.25) is 35.4 Å². The predicted molar refractivity (Wildman–Crippen MR) is 126 cm³/mol. The van der Waals surface area contributed by atoms with E-state index in [0.717, 1.165) is 0 Å². The lowest BCUT2D eigenvalue weighted by Gasteiger charge is -2.27. The van der Waals surface area contributed by atoms with Gasteiger partial charge >= 0.3 is 5.97 Å². The minimum atomic E-state index is -1.56. The van der Waals surface area contributed by atoms with Crippen LogP contribution in [0.1, 0.15) is 45.4 Å². The Morgan fingerprint density at radius 1 is 0.973 bits per heavy atom. The molecule has 0 saturated carbocycles. The third kappa shape index (κ3) is 10.4. The Morgan fingerprint density at radius 2 is 1.57 bits per heavy atom. The van der Waals surface area contributed by atoms with Crippen LogP contribution in [0.15, 0.2) is 0 Å². The number of aliphatic hydroxyl groups excluding tert-OH is 1. The van der Waals surface area contributed by atoms with Gasteiger partial charge in [-0.25, -0.2) is 4.79 Å². The minimum Gasteiger partial charge on any atom is -0.480 e. The number of nitrogens with zero attached hydrogens (tertiary/aromatic N) is 1. The van der Waals surface area contributed by atoms with Gasteiger partial charge in [0.25, 0.3) is 0 Å². The normalized spacial score (nSPS) is 18.1. The molecule has 1 aliphatic heterocycles. The molecule has 1 aliphatic rings. The number of hydrogen-bond donors (Lipinski definition) is 8. The summed E-state index contributed by atoms with van der Waals surface area (Å²) in [5, 5.41) is 25.6. The Balaban J connectivity index is 2.78. The molecule has 16 nitrogen and oxygen atoms in total. The van der Waals surface area contributed by atoms with Crippen molar-refractivity contribution in [1.82, 2.24) is 20.9 Å². The van der Waals surface area contributed by atoms with Gasteiger partial charge in [-0.05, 0) is 32.6 Å². The zero-order chi connectivity index (χ0) is 28.3. The third-order valence-corrected chi connectivity index (χ3v) is 5.69. The van der Waals surface area contributed by atoms with Crippen molar-refractivity contribution in [1.29, 1.82) is 0 Å². The summed E-state index contributed by atoms with van der Waals surface area (Å²) in [4.78, 5) is 84.7. The van der Waals surface area contributed by atoms with Crippen LogP contribution in [0, 0.1) is 0 Å². The highest BCUT2D eigenvalue weighted by atomic mass is 16.4. The number of carbonyl (C=O) groups is 7. The van der Waals surface area contributed by atoms with E-state index in [1.165, 1.54) is 11.8 Å². The molecule has 6 amide bonds. The molecule has 5 atom stereocenters. The van der Waals surface area contributed by atoms with Gasteiger partial charge in [0.15, 0.2) is 6.04 Å². The fourth-order valence-electron chi connectivity index (χ4n) is 3.63. The number of aliphatic hydroxyl groups is 1. The molecule has 0 aromatic carbocycles. The lowest BCUT2D eigenvalue weighted by atomic mass is 10.1. The van der Waals surface area contributed by atoms with Crippen LogP contribution in [0.5, 0.6) is 0 Å². The lowest BCUT2D eigenvalue weighted by Crippen LogP contribution is -2.56. The zero-order valence-electron chi connectivity index (χ0n) is 20.5. The Morgan fingerprint density at radius 3 is 2.11 bits per heavy atom. The van der Waals surface area contributed by atoms with Crippen molar-refractivity contribution in [2.24, 2.45) is 17.2 Å². The molecule has 0 spiro atoms. The molecule has 208 valence electrons. The van der Waals surface area contributed by atoms with Gasteiger partial charge in [-0.15, -0.1) is 0 Å². The average molecular weight is 530 g/mol. The number of nitrogens with two attached hydrogens (primary N) is 3. The highest BCUT2D eigenvalue weighted by Gasteiger charge is 2.37. The molecule has 11 N–H and O–H groups in total. The number of primary amides is 2. The fourth-order valence-corrected chi connectivity index (χ4v) is 3.63. The number of carbonyl (C=O) groups excluding carboxylic acids is 6. The standard InChI is InChI=1S/C21H35N7O9/c1-10(29)17(21(36)37)27-20(35)13-3-2-8-28(13)16(32)9-25-19(34)12(5-7-15(24)31)26-18(33)11(22)4-6-14(23)30/h10-13,17,29H,2-9,22H2,1H3,(H2,23,30)(H2,24,31)(H,25,34)(H,26,33)(H,27,35)(H,36,37)/t10-,11+,12+,13+,17+/m1/s1. The molecule has 1 heterocycles. The molecule has 0 bridgehead atoms. The Kier molecular flexibility index (Phi) is 12.4. The van der Waals surface area contributed by atoms with Crippen LogP contribution in [0.2, 0.25) is 0 Å². The average Bonchev–Trinajstić information content (AvgIpc) is 3.31. The molecule has 1 saturated heterocycles. The molecule has 16 heteroatoms. The van der Waals surface area contributed by atoms with Crippen LogP contribution in [0.3, 0.4) is 0 Å². The summed E-state index contributed by atoms with van der Waals surface area (Å²) in [6.45, 7) is 0.817. The molecule has 37 heavy (non-hydrogen) atoms. The minimum absolute atomic E-state index is 0.0694. The quantitative estimate of drug-likeness (QED) is 0.100. The maximum atomic E-state index is 12.7. The number of hydrogen-bond acceptors (Lipinski definition) is 9. The van der Waals surface area contributed by atoms with Crippen LogP contribution in [-0.2, 0) is 33.6 Å². The highest BCUT2D eigenvalue weighted by Crippen LogP contribution is 2.18. The van der Waals surface area contributed by atoms with Gasteiger partial charge < -0.3 is 48.3 Å². The first-order valence-corrected chi connectivity index (χ1v) is 11.7. The second kappa shape index (κ2) is 14.7. The fraction of sp³-hybridized carbons (Fsp3) is 0.667. The zero-order valence-corrected chi connectivity index (χ0v) is 20.5. The molecule has 0 radical (unpaired) electrons. The van der Waals surface area contributed by atoms with Crippen LogP contribution in [-0.4, -0.2) is 99.9 Å². The Bertz CT molecular complexity index is 896. The smallest absolute Gasteiger partial charge is 0.328 e. The van der Waals surface area contributed by atoms with E-state index in [1.54, 1.807) is 0 Å². The van der Waals surface area contributed by atoms with Gasteiger partial charge in [-0.1, -0.05) is 0 Å². The van der Waals surface area contributed by atoms with Gasteiger partial charge in [0.05, 0.1) is 18.7 Å². The van der Waals surface area contributed by atoms with E-state index < -0.39 is 78.2 Å². The monoisotopic (exact) mass is 529 g/mol. The maximum Gasteiger partial charge on any atom is 0.328 e. The first kappa shape index (κ1) is 31.2. The molecular weight excluding hydrogens is 494 g/mol. The number of aliphatic carboxylic acids is 1. The number of nitrogens with one attached hydrogen (secondary N) is 3.